The van der Waals surface area contributed by atoms with Gasteiger partial charge in [-0.2, -0.15) is 9.52 Å². The van der Waals surface area contributed by atoms with Gasteiger partial charge in [-0.3, -0.25) is 10.0 Å². The van der Waals surface area contributed by atoms with Crippen molar-refractivity contribution in [3.8, 4) is 5.75 Å². The van der Waals surface area contributed by atoms with Gasteiger partial charge in [0.1, 0.15) is 11.8 Å². The fourth-order valence-corrected chi connectivity index (χ4v) is 4.87. The Morgan fingerprint density at radius 1 is 1.20 bits per heavy atom. The Bertz CT molecular complexity index is 991. The molecule has 1 aliphatic heterocycles. The molecule has 0 aromatic heterocycles. The van der Waals surface area contributed by atoms with E-state index in [0.717, 1.165) is 21.3 Å². The van der Waals surface area contributed by atoms with Crippen molar-refractivity contribution in [3.05, 3.63) is 65.7 Å². The predicted octanol–water partition coefficient (Wildman–Crippen LogP) is 2.33. The number of rotatable bonds is 8. The SMILES string of the molecule is COc1ccc(CCCS(=O)(=O)N2N=C(c3ccccc3)CCC2C(=O)NO)cc1. The van der Waals surface area contributed by atoms with Gasteiger partial charge in [0.25, 0.3) is 15.9 Å². The number of hydroxylamine groups is 1. The summed E-state index contributed by atoms with van der Waals surface area (Å²) in [6.07, 6.45) is 1.59. The van der Waals surface area contributed by atoms with Crippen LogP contribution >= 0.6 is 0 Å². The maximum atomic E-state index is 13.0. The standard InChI is InChI=1S/C21H25N3O5S/c1-29-18-11-9-16(10-12-18)6-5-15-30(27,28)24-20(21(25)23-26)14-13-19(22-24)17-7-3-2-4-8-17/h2-4,7-12,20,26H,5-6,13-15H2,1H3,(H,23,25). The van der Waals surface area contributed by atoms with E-state index in [4.69, 9.17) is 9.94 Å². The summed E-state index contributed by atoms with van der Waals surface area (Å²) in [6.45, 7) is 0. The third-order valence-corrected chi connectivity index (χ3v) is 6.68. The summed E-state index contributed by atoms with van der Waals surface area (Å²) in [6, 6.07) is 15.6. The van der Waals surface area contributed by atoms with Crippen LogP contribution < -0.4 is 10.2 Å². The molecule has 0 aliphatic carbocycles. The first-order valence-corrected chi connectivity index (χ1v) is 11.3. The molecule has 1 aliphatic rings. The van der Waals surface area contributed by atoms with E-state index < -0.39 is 22.0 Å². The fourth-order valence-electron chi connectivity index (χ4n) is 3.36. The van der Waals surface area contributed by atoms with Gasteiger partial charge in [0.05, 0.1) is 18.6 Å². The Morgan fingerprint density at radius 2 is 1.90 bits per heavy atom. The van der Waals surface area contributed by atoms with E-state index in [2.05, 4.69) is 5.10 Å². The van der Waals surface area contributed by atoms with Crippen LogP contribution in [0.3, 0.4) is 0 Å². The summed E-state index contributed by atoms with van der Waals surface area (Å²) in [5.74, 6) is -0.218. The van der Waals surface area contributed by atoms with Gasteiger partial charge in [-0.15, -0.1) is 0 Å². The molecule has 0 saturated heterocycles. The van der Waals surface area contributed by atoms with E-state index >= 15 is 0 Å². The lowest BCUT2D eigenvalue weighted by molar-refractivity contribution is -0.133. The summed E-state index contributed by atoms with van der Waals surface area (Å²) >= 11 is 0. The normalized spacial score (nSPS) is 16.7. The number of hydrogen-bond acceptors (Lipinski definition) is 6. The minimum absolute atomic E-state index is 0.167. The first-order chi connectivity index (χ1) is 14.4. The zero-order valence-corrected chi connectivity index (χ0v) is 17.5. The zero-order valence-electron chi connectivity index (χ0n) is 16.7. The number of aryl methyl sites for hydroxylation is 1. The number of methoxy groups -OCH3 is 1. The van der Waals surface area contributed by atoms with Crippen LogP contribution in [0.25, 0.3) is 0 Å². The number of nitrogens with zero attached hydrogens (tertiary/aromatic N) is 2. The lowest BCUT2D eigenvalue weighted by atomic mass is 10.0. The Balaban J connectivity index is 1.76. The van der Waals surface area contributed by atoms with Crippen LogP contribution in [0.5, 0.6) is 5.75 Å². The number of ether oxygens (including phenoxy) is 1. The lowest BCUT2D eigenvalue weighted by Crippen LogP contribution is -2.49. The largest absolute Gasteiger partial charge is 0.497 e. The molecule has 1 heterocycles. The second kappa shape index (κ2) is 9.73. The molecule has 30 heavy (non-hydrogen) atoms. The van der Waals surface area contributed by atoms with Gasteiger partial charge in [0.15, 0.2) is 0 Å². The average molecular weight is 432 g/mol. The summed E-state index contributed by atoms with van der Waals surface area (Å²) in [7, 11) is -2.28. The molecular weight excluding hydrogens is 406 g/mol. The number of nitrogens with one attached hydrogen (secondary N) is 1. The van der Waals surface area contributed by atoms with Crippen molar-refractivity contribution < 1.29 is 23.2 Å². The molecule has 9 heteroatoms. The molecule has 1 amide bonds. The molecule has 1 atom stereocenters. The average Bonchev–Trinajstić information content (AvgIpc) is 2.79. The molecule has 0 saturated carbocycles. The van der Waals surface area contributed by atoms with E-state index in [1.165, 1.54) is 0 Å². The molecule has 2 N–H and O–H groups in total. The van der Waals surface area contributed by atoms with Crippen LogP contribution in [0, 0.1) is 0 Å². The van der Waals surface area contributed by atoms with Gasteiger partial charge in [0.2, 0.25) is 0 Å². The second-order valence-corrected chi connectivity index (χ2v) is 8.93. The van der Waals surface area contributed by atoms with Gasteiger partial charge in [-0.05, 0) is 48.9 Å². The maximum Gasteiger partial charge on any atom is 0.269 e. The van der Waals surface area contributed by atoms with Crippen molar-refractivity contribution >= 4 is 21.6 Å². The van der Waals surface area contributed by atoms with E-state index in [0.29, 0.717) is 25.0 Å². The van der Waals surface area contributed by atoms with Gasteiger partial charge >= 0.3 is 0 Å². The molecule has 3 rings (SSSR count). The Morgan fingerprint density at radius 3 is 2.53 bits per heavy atom. The van der Waals surface area contributed by atoms with E-state index in [9.17, 15) is 13.2 Å². The third-order valence-electron chi connectivity index (χ3n) is 4.97. The number of amides is 1. The van der Waals surface area contributed by atoms with Gasteiger partial charge in [-0.1, -0.05) is 42.5 Å². The highest BCUT2D eigenvalue weighted by Gasteiger charge is 2.37. The van der Waals surface area contributed by atoms with Crippen LogP contribution in [0.4, 0.5) is 0 Å². The topological polar surface area (TPSA) is 108 Å². The molecule has 2 aromatic carbocycles. The van der Waals surface area contributed by atoms with Crippen molar-refractivity contribution in [2.24, 2.45) is 5.10 Å². The number of sulfonamides is 1. The molecular formula is C21H25N3O5S. The highest BCUT2D eigenvalue weighted by molar-refractivity contribution is 7.89. The van der Waals surface area contributed by atoms with E-state index in [1.54, 1.807) is 12.6 Å². The molecule has 8 nitrogen and oxygen atoms in total. The van der Waals surface area contributed by atoms with Crippen molar-refractivity contribution in [1.82, 2.24) is 9.89 Å². The molecule has 1 unspecified atom stereocenters. The highest BCUT2D eigenvalue weighted by atomic mass is 32.2. The summed E-state index contributed by atoms with van der Waals surface area (Å²) in [5, 5.41) is 13.3. The highest BCUT2D eigenvalue weighted by Crippen LogP contribution is 2.24. The Kier molecular flexibility index (Phi) is 7.07. The van der Waals surface area contributed by atoms with Crippen LogP contribution in [-0.2, 0) is 21.2 Å². The smallest absolute Gasteiger partial charge is 0.269 e. The fraction of sp³-hybridized carbons (Fsp3) is 0.333. The molecule has 0 spiro atoms. The van der Waals surface area contributed by atoms with Crippen molar-refractivity contribution in [3.63, 3.8) is 0 Å². The minimum Gasteiger partial charge on any atom is -0.497 e. The molecule has 0 radical (unpaired) electrons. The van der Waals surface area contributed by atoms with E-state index in [-0.39, 0.29) is 12.2 Å². The van der Waals surface area contributed by atoms with Gasteiger partial charge < -0.3 is 4.74 Å². The number of carbonyl (C=O) groups excluding carboxylic acids is 1. The van der Waals surface area contributed by atoms with Crippen LogP contribution in [0.1, 0.15) is 30.4 Å². The Hall–Kier alpha value is -2.91. The molecule has 2 aromatic rings. The monoisotopic (exact) mass is 431 g/mol. The zero-order chi connectivity index (χ0) is 21.6. The lowest BCUT2D eigenvalue weighted by Gasteiger charge is -2.31. The molecule has 0 bridgehead atoms. The van der Waals surface area contributed by atoms with Crippen LogP contribution in [0.2, 0.25) is 0 Å². The van der Waals surface area contributed by atoms with Crippen molar-refractivity contribution in [2.75, 3.05) is 12.9 Å². The Labute approximate surface area is 176 Å². The predicted molar refractivity (Wildman–Crippen MR) is 113 cm³/mol. The number of benzene rings is 2. The van der Waals surface area contributed by atoms with Crippen LogP contribution in [0.15, 0.2) is 59.7 Å². The van der Waals surface area contributed by atoms with Crippen molar-refractivity contribution in [1.29, 1.82) is 0 Å². The summed E-state index contributed by atoms with van der Waals surface area (Å²) in [4.78, 5) is 12.1. The van der Waals surface area contributed by atoms with Crippen LogP contribution in [-0.4, -0.2) is 48.6 Å². The van der Waals surface area contributed by atoms with Gasteiger partial charge in [0, 0.05) is 0 Å². The molecule has 0 fully saturated rings. The van der Waals surface area contributed by atoms with E-state index in [1.807, 2.05) is 54.6 Å². The number of hydrazone groups is 1. The maximum absolute atomic E-state index is 13.0. The quantitative estimate of drug-likeness (QED) is 0.493. The second-order valence-electron chi connectivity index (χ2n) is 6.98. The first-order valence-electron chi connectivity index (χ1n) is 9.66. The third kappa shape index (κ3) is 5.17. The summed E-state index contributed by atoms with van der Waals surface area (Å²) in [5.41, 5.74) is 3.94. The number of hydrogen-bond donors (Lipinski definition) is 2. The summed E-state index contributed by atoms with van der Waals surface area (Å²) < 4.78 is 32.0. The number of carbonyl (C=O) groups is 1. The van der Waals surface area contributed by atoms with Gasteiger partial charge in [-0.25, -0.2) is 13.9 Å². The van der Waals surface area contributed by atoms with Crippen molar-refractivity contribution in [2.45, 2.75) is 31.7 Å². The minimum atomic E-state index is -3.86. The first kappa shape index (κ1) is 21.8. The molecule has 160 valence electrons.